The lowest BCUT2D eigenvalue weighted by Gasteiger charge is -2.24. The van der Waals surface area contributed by atoms with E-state index in [1.807, 2.05) is 13.0 Å². The van der Waals surface area contributed by atoms with Gasteiger partial charge >= 0.3 is 0 Å². The zero-order valence-electron chi connectivity index (χ0n) is 21.1. The number of anilines is 3. The number of rotatable bonds is 9. The third-order valence-electron chi connectivity index (χ3n) is 6.35. The summed E-state index contributed by atoms with van der Waals surface area (Å²) in [6, 6.07) is 7.32. The van der Waals surface area contributed by atoms with E-state index in [1.54, 1.807) is 12.1 Å². The normalized spacial score (nSPS) is 14.9. The summed E-state index contributed by atoms with van der Waals surface area (Å²) in [7, 11) is 0. The molecule has 0 saturated heterocycles. The number of allylic oxidation sites excluding steroid dienone is 3. The summed E-state index contributed by atoms with van der Waals surface area (Å²) in [6.45, 7) is 8.55. The summed E-state index contributed by atoms with van der Waals surface area (Å²) < 4.78 is 0. The molecule has 1 amide bonds. The smallest absolute Gasteiger partial charge is 0.260 e. The van der Waals surface area contributed by atoms with Crippen molar-refractivity contribution in [2.45, 2.75) is 65.3 Å². The van der Waals surface area contributed by atoms with E-state index in [2.05, 4.69) is 32.2 Å². The minimum Gasteiger partial charge on any atom is -0.508 e. The van der Waals surface area contributed by atoms with Crippen molar-refractivity contribution in [3.8, 4) is 17.2 Å². The second-order valence-corrected chi connectivity index (χ2v) is 9.98. The van der Waals surface area contributed by atoms with Crippen LogP contribution in [0.2, 0.25) is 0 Å². The largest absolute Gasteiger partial charge is 0.508 e. The highest BCUT2D eigenvalue weighted by molar-refractivity contribution is 6.15. The predicted octanol–water partition coefficient (Wildman–Crippen LogP) is 6.09. The molecule has 1 unspecified atom stereocenters. The molecule has 0 bridgehead atoms. The summed E-state index contributed by atoms with van der Waals surface area (Å²) in [5.74, 6) is -0.820. The van der Waals surface area contributed by atoms with Crippen LogP contribution in [0.5, 0.6) is 17.2 Å². The topological polar surface area (TPSA) is 119 Å². The SMILES string of the molecule is CC(C)=CCCC(C)(N)CCC/C(C)=C/CN1C(=O)c2cccc(O)c2Nc2c(O)cc(O)cc21. The van der Waals surface area contributed by atoms with Crippen LogP contribution in [-0.4, -0.2) is 33.3 Å². The van der Waals surface area contributed by atoms with Crippen LogP contribution in [0.3, 0.4) is 0 Å². The molecule has 1 aliphatic rings. The lowest BCUT2D eigenvalue weighted by atomic mass is 9.90. The number of nitrogens with zero attached hydrogens (tertiary/aromatic N) is 1. The number of hydrogen-bond acceptors (Lipinski definition) is 6. The second-order valence-electron chi connectivity index (χ2n) is 9.98. The number of aromatic hydroxyl groups is 3. The highest BCUT2D eigenvalue weighted by Crippen LogP contribution is 2.45. The second kappa shape index (κ2) is 10.9. The molecule has 188 valence electrons. The van der Waals surface area contributed by atoms with Gasteiger partial charge in [-0.05, 0) is 71.9 Å². The first-order valence-electron chi connectivity index (χ1n) is 12.0. The monoisotopic (exact) mass is 479 g/mol. The van der Waals surface area contributed by atoms with Gasteiger partial charge in [-0.1, -0.05) is 29.4 Å². The average molecular weight is 480 g/mol. The molecule has 7 heteroatoms. The maximum Gasteiger partial charge on any atom is 0.260 e. The van der Waals surface area contributed by atoms with E-state index < -0.39 is 0 Å². The molecule has 7 nitrogen and oxygen atoms in total. The van der Waals surface area contributed by atoms with Crippen LogP contribution in [0.1, 0.15) is 70.2 Å². The van der Waals surface area contributed by atoms with Crippen LogP contribution < -0.4 is 16.0 Å². The highest BCUT2D eigenvalue weighted by atomic mass is 16.3. The Labute approximate surface area is 207 Å². The van der Waals surface area contributed by atoms with Crippen LogP contribution in [0.4, 0.5) is 17.1 Å². The number of phenolic OH excluding ortho intramolecular Hbond substituents is 3. The van der Waals surface area contributed by atoms with E-state index in [0.29, 0.717) is 5.69 Å². The summed E-state index contributed by atoms with van der Waals surface area (Å²) in [5, 5.41) is 33.9. The molecule has 6 N–H and O–H groups in total. The minimum absolute atomic E-state index is 0.0998. The molecule has 1 heterocycles. The number of nitrogens with two attached hydrogens (primary N) is 1. The van der Waals surface area contributed by atoms with E-state index in [1.165, 1.54) is 28.7 Å². The van der Waals surface area contributed by atoms with Crippen LogP contribution >= 0.6 is 0 Å². The molecule has 2 aromatic rings. The Bertz CT molecular complexity index is 1150. The zero-order chi connectivity index (χ0) is 25.8. The minimum atomic E-state index is -0.343. The van der Waals surface area contributed by atoms with Gasteiger partial charge in [0.2, 0.25) is 0 Å². The molecule has 3 rings (SSSR count). The summed E-state index contributed by atoms with van der Waals surface area (Å²) in [6.07, 6.45) is 8.80. The first kappa shape index (κ1) is 26.2. The lowest BCUT2D eigenvalue weighted by Crippen LogP contribution is -2.35. The molecule has 0 aromatic heterocycles. The first-order chi connectivity index (χ1) is 16.5. The lowest BCUT2D eigenvalue weighted by molar-refractivity contribution is 0.0991. The van der Waals surface area contributed by atoms with Gasteiger partial charge in [0.05, 0.1) is 16.9 Å². The van der Waals surface area contributed by atoms with Gasteiger partial charge in [-0.15, -0.1) is 0 Å². The van der Waals surface area contributed by atoms with Crippen LogP contribution in [0.15, 0.2) is 53.6 Å². The molecule has 0 saturated carbocycles. The Morgan fingerprint density at radius 1 is 1.06 bits per heavy atom. The van der Waals surface area contributed by atoms with Gasteiger partial charge in [-0.25, -0.2) is 0 Å². The van der Waals surface area contributed by atoms with E-state index in [9.17, 15) is 20.1 Å². The van der Waals surface area contributed by atoms with Crippen molar-refractivity contribution in [3.63, 3.8) is 0 Å². The fourth-order valence-electron chi connectivity index (χ4n) is 4.28. The molecule has 0 aliphatic carbocycles. The highest BCUT2D eigenvalue weighted by Gasteiger charge is 2.30. The van der Waals surface area contributed by atoms with Crippen LogP contribution in [-0.2, 0) is 0 Å². The number of hydrogen-bond donors (Lipinski definition) is 5. The van der Waals surface area contributed by atoms with E-state index in [-0.39, 0.29) is 52.2 Å². The van der Waals surface area contributed by atoms with Gasteiger partial charge in [0, 0.05) is 24.2 Å². The number of carbonyl (C=O) groups is 1. The summed E-state index contributed by atoms with van der Waals surface area (Å²) in [4.78, 5) is 14.9. The molecular formula is C28H37N3O4. The summed E-state index contributed by atoms with van der Waals surface area (Å²) in [5.41, 5.74) is 9.76. The number of fused-ring (bicyclic) bond motifs is 2. The summed E-state index contributed by atoms with van der Waals surface area (Å²) >= 11 is 0. The third kappa shape index (κ3) is 6.57. The van der Waals surface area contributed by atoms with E-state index >= 15 is 0 Å². The van der Waals surface area contributed by atoms with Crippen molar-refractivity contribution < 1.29 is 20.1 Å². The Kier molecular flexibility index (Phi) is 8.12. The van der Waals surface area contributed by atoms with E-state index in [4.69, 9.17) is 5.73 Å². The van der Waals surface area contributed by atoms with Gasteiger partial charge in [0.1, 0.15) is 22.9 Å². The first-order valence-corrected chi connectivity index (χ1v) is 12.0. The molecule has 2 aromatic carbocycles. The molecule has 0 fully saturated rings. The van der Waals surface area contributed by atoms with Gasteiger partial charge in [-0.3, -0.25) is 4.79 Å². The number of para-hydroxylation sites is 1. The Balaban J connectivity index is 1.76. The molecular weight excluding hydrogens is 442 g/mol. The van der Waals surface area contributed by atoms with Crippen molar-refractivity contribution in [3.05, 3.63) is 59.2 Å². The number of phenols is 3. The van der Waals surface area contributed by atoms with Crippen molar-refractivity contribution in [2.24, 2.45) is 5.73 Å². The van der Waals surface area contributed by atoms with Crippen molar-refractivity contribution in [2.75, 3.05) is 16.8 Å². The van der Waals surface area contributed by atoms with Gasteiger partial charge in [-0.2, -0.15) is 0 Å². The molecule has 1 atom stereocenters. The molecule has 1 aliphatic heterocycles. The Morgan fingerprint density at radius 3 is 2.51 bits per heavy atom. The quantitative estimate of drug-likeness (QED) is 0.169. The maximum atomic E-state index is 13.4. The Morgan fingerprint density at radius 2 is 1.80 bits per heavy atom. The number of nitrogens with one attached hydrogen (secondary N) is 1. The van der Waals surface area contributed by atoms with Crippen LogP contribution in [0, 0.1) is 0 Å². The number of benzene rings is 2. The fourth-order valence-corrected chi connectivity index (χ4v) is 4.28. The zero-order valence-corrected chi connectivity index (χ0v) is 21.1. The van der Waals surface area contributed by atoms with E-state index in [0.717, 1.165) is 37.7 Å². The maximum absolute atomic E-state index is 13.4. The Hall–Kier alpha value is -3.45. The van der Waals surface area contributed by atoms with Gasteiger partial charge in [0.25, 0.3) is 5.91 Å². The average Bonchev–Trinajstić information content (AvgIpc) is 2.87. The predicted molar refractivity (Wildman–Crippen MR) is 142 cm³/mol. The number of carbonyl (C=O) groups excluding carboxylic acids is 1. The molecule has 0 radical (unpaired) electrons. The van der Waals surface area contributed by atoms with Crippen molar-refractivity contribution in [1.29, 1.82) is 0 Å². The van der Waals surface area contributed by atoms with Crippen molar-refractivity contribution >= 4 is 23.0 Å². The fraction of sp³-hybridized carbons (Fsp3) is 0.393. The van der Waals surface area contributed by atoms with Crippen molar-refractivity contribution in [1.82, 2.24) is 0 Å². The molecule has 35 heavy (non-hydrogen) atoms. The number of amides is 1. The van der Waals surface area contributed by atoms with Gasteiger partial charge < -0.3 is 31.3 Å². The van der Waals surface area contributed by atoms with Gasteiger partial charge in [0.15, 0.2) is 0 Å². The van der Waals surface area contributed by atoms with Crippen LogP contribution in [0.25, 0.3) is 0 Å². The molecule has 0 spiro atoms. The standard InChI is InChI=1S/C28H37N3O4/c1-18(2)8-6-13-28(4,29)14-7-9-19(3)12-15-31-22-16-20(32)17-24(34)26(22)30-25-21(27(31)35)10-5-11-23(25)33/h5,8,10-12,16-17,30,32-34H,6-7,9,13-15,29H2,1-4H3/b19-12+. The third-order valence-corrected chi connectivity index (χ3v) is 6.35.